The van der Waals surface area contributed by atoms with E-state index in [2.05, 4.69) is 15.4 Å². The van der Waals surface area contributed by atoms with E-state index in [-0.39, 0.29) is 10.9 Å². The van der Waals surface area contributed by atoms with Gasteiger partial charge in [-0.3, -0.25) is 13.9 Å². The number of benzene rings is 1. The molecule has 3 heterocycles. The van der Waals surface area contributed by atoms with Crippen molar-refractivity contribution >= 4 is 26.9 Å². The minimum Gasteiger partial charge on any atom is -0.321 e. The number of rotatable bonds is 5. The van der Waals surface area contributed by atoms with Crippen LogP contribution in [-0.4, -0.2) is 39.7 Å². The van der Waals surface area contributed by atoms with Crippen molar-refractivity contribution in [2.45, 2.75) is 11.7 Å². The second kappa shape index (κ2) is 6.93. The van der Waals surface area contributed by atoms with E-state index >= 15 is 0 Å². The molecule has 0 radical (unpaired) electrons. The summed E-state index contributed by atoms with van der Waals surface area (Å²) >= 11 is 0. The lowest BCUT2D eigenvalue weighted by Gasteiger charge is -2.07. The third kappa shape index (κ3) is 3.52. The number of fused-ring (bicyclic) bond motifs is 1. The van der Waals surface area contributed by atoms with E-state index in [4.69, 9.17) is 0 Å². The van der Waals surface area contributed by atoms with Crippen LogP contribution in [0, 0.1) is 0 Å². The van der Waals surface area contributed by atoms with Gasteiger partial charge >= 0.3 is 0 Å². The predicted octanol–water partition coefficient (Wildman–Crippen LogP) is 2.23. The van der Waals surface area contributed by atoms with Crippen molar-refractivity contribution in [1.29, 1.82) is 0 Å². The van der Waals surface area contributed by atoms with E-state index in [0.717, 1.165) is 11.8 Å². The Morgan fingerprint density at radius 1 is 1.11 bits per heavy atom. The van der Waals surface area contributed by atoms with Crippen molar-refractivity contribution in [3.8, 4) is 0 Å². The number of hydrogen-bond donors (Lipinski definition) is 1. The third-order valence-corrected chi connectivity index (χ3v) is 5.10. The fraction of sp³-hybridized carbons (Fsp3) is 0.105. The first-order valence-corrected chi connectivity index (χ1v) is 10.4. The Balaban J connectivity index is 1.64. The molecule has 1 N–H and O–H groups in total. The van der Waals surface area contributed by atoms with Gasteiger partial charge in [0.2, 0.25) is 15.0 Å². The summed E-state index contributed by atoms with van der Waals surface area (Å²) in [5, 5.41) is 6.80. The summed E-state index contributed by atoms with van der Waals surface area (Å²) in [5.41, 5.74) is 2.03. The highest BCUT2D eigenvalue weighted by molar-refractivity contribution is 7.90. The molecule has 0 atom stereocenters. The zero-order chi connectivity index (χ0) is 19.7. The van der Waals surface area contributed by atoms with E-state index in [1.54, 1.807) is 41.3 Å². The lowest BCUT2D eigenvalue weighted by Crippen LogP contribution is -2.13. The summed E-state index contributed by atoms with van der Waals surface area (Å²) in [4.78, 5) is 16.9. The molecule has 4 aromatic rings. The molecular formula is C19H17N5O3S. The van der Waals surface area contributed by atoms with Gasteiger partial charge in [0.15, 0.2) is 5.69 Å². The number of imidazole rings is 1. The fourth-order valence-corrected chi connectivity index (χ4v) is 3.73. The standard InChI is InChI=1S/C19H17N5O3S/c1-28(26,27)19-22-17(16-8-2-3-11-24(16)19)18(25)21-15-7-4-6-14(12-15)13-23-10-5-9-20-23/h2-12H,13H2,1H3,(H,21,25). The summed E-state index contributed by atoms with van der Waals surface area (Å²) in [5.74, 6) is -0.477. The first-order chi connectivity index (χ1) is 13.4. The molecule has 0 saturated carbocycles. The fourth-order valence-electron chi connectivity index (χ4n) is 2.96. The van der Waals surface area contributed by atoms with E-state index in [1.807, 2.05) is 30.5 Å². The van der Waals surface area contributed by atoms with Crippen LogP contribution in [0.3, 0.4) is 0 Å². The molecule has 1 amide bonds. The number of hydrogen-bond acceptors (Lipinski definition) is 5. The number of carbonyl (C=O) groups excluding carboxylic acids is 1. The summed E-state index contributed by atoms with van der Waals surface area (Å²) < 4.78 is 27.2. The van der Waals surface area contributed by atoms with Gasteiger partial charge < -0.3 is 5.32 Å². The van der Waals surface area contributed by atoms with Gasteiger partial charge in [-0.1, -0.05) is 18.2 Å². The quantitative estimate of drug-likeness (QED) is 0.559. The number of carbonyl (C=O) groups is 1. The van der Waals surface area contributed by atoms with Gasteiger partial charge in [-0.2, -0.15) is 5.10 Å². The van der Waals surface area contributed by atoms with Gasteiger partial charge in [0.05, 0.1) is 12.1 Å². The molecular weight excluding hydrogens is 378 g/mol. The van der Waals surface area contributed by atoms with Gasteiger partial charge in [-0.05, 0) is 35.9 Å². The van der Waals surface area contributed by atoms with E-state index in [0.29, 0.717) is 17.7 Å². The highest BCUT2D eigenvalue weighted by Gasteiger charge is 2.22. The Hall–Kier alpha value is -3.46. The number of sulfone groups is 1. The highest BCUT2D eigenvalue weighted by Crippen LogP contribution is 2.19. The van der Waals surface area contributed by atoms with Crippen molar-refractivity contribution in [3.63, 3.8) is 0 Å². The van der Waals surface area contributed by atoms with E-state index in [1.165, 1.54) is 4.40 Å². The topological polar surface area (TPSA) is 98.4 Å². The van der Waals surface area contributed by atoms with Crippen LogP contribution < -0.4 is 5.32 Å². The van der Waals surface area contributed by atoms with Crippen LogP contribution in [0.4, 0.5) is 5.69 Å². The van der Waals surface area contributed by atoms with Crippen molar-refractivity contribution < 1.29 is 13.2 Å². The van der Waals surface area contributed by atoms with Crippen molar-refractivity contribution in [2.24, 2.45) is 0 Å². The monoisotopic (exact) mass is 395 g/mol. The van der Waals surface area contributed by atoms with E-state index in [9.17, 15) is 13.2 Å². The number of aromatic nitrogens is 4. The van der Waals surface area contributed by atoms with Crippen LogP contribution in [0.2, 0.25) is 0 Å². The average molecular weight is 395 g/mol. The summed E-state index contributed by atoms with van der Waals surface area (Å²) in [6.45, 7) is 0.572. The second-order valence-corrected chi connectivity index (χ2v) is 8.24. The van der Waals surface area contributed by atoms with Crippen LogP contribution in [-0.2, 0) is 16.4 Å². The molecule has 0 aliphatic heterocycles. The van der Waals surface area contributed by atoms with Gasteiger partial charge in [0.25, 0.3) is 5.91 Å². The van der Waals surface area contributed by atoms with E-state index < -0.39 is 15.7 Å². The third-order valence-electron chi connectivity index (χ3n) is 4.15. The molecule has 9 heteroatoms. The number of pyridine rings is 1. The molecule has 1 aromatic carbocycles. The first-order valence-electron chi connectivity index (χ1n) is 8.47. The summed E-state index contributed by atoms with van der Waals surface area (Å²) in [7, 11) is -3.59. The Bertz CT molecular complexity index is 1260. The number of nitrogens with one attached hydrogen (secondary N) is 1. The Morgan fingerprint density at radius 3 is 2.71 bits per heavy atom. The SMILES string of the molecule is CS(=O)(=O)c1nc(C(=O)Nc2cccc(Cn3cccn3)c2)c2ccccn12. The number of nitrogens with zero attached hydrogens (tertiary/aromatic N) is 4. The maximum atomic E-state index is 12.8. The van der Waals surface area contributed by atoms with Crippen LogP contribution in [0.25, 0.3) is 5.52 Å². The van der Waals surface area contributed by atoms with Crippen LogP contribution >= 0.6 is 0 Å². The Kier molecular flexibility index (Phi) is 4.44. The lowest BCUT2D eigenvalue weighted by atomic mass is 10.2. The molecule has 0 aliphatic carbocycles. The minimum absolute atomic E-state index is 0.0542. The molecule has 0 bridgehead atoms. The molecule has 28 heavy (non-hydrogen) atoms. The second-order valence-electron chi connectivity index (χ2n) is 6.33. The Labute approximate surface area is 161 Å². The largest absolute Gasteiger partial charge is 0.321 e. The molecule has 0 aliphatic rings. The maximum absolute atomic E-state index is 12.8. The smallest absolute Gasteiger partial charge is 0.276 e. The molecule has 0 fully saturated rings. The molecule has 8 nitrogen and oxygen atoms in total. The molecule has 142 valence electrons. The van der Waals surface area contributed by atoms with Crippen molar-refractivity contribution in [2.75, 3.05) is 11.6 Å². The van der Waals surface area contributed by atoms with Gasteiger partial charge in [-0.15, -0.1) is 0 Å². The molecule has 4 rings (SSSR count). The molecule has 0 saturated heterocycles. The molecule has 0 unspecified atom stereocenters. The molecule has 3 aromatic heterocycles. The molecule has 0 spiro atoms. The summed E-state index contributed by atoms with van der Waals surface area (Å²) in [6, 6.07) is 14.3. The normalized spacial score (nSPS) is 11.6. The van der Waals surface area contributed by atoms with Crippen molar-refractivity contribution in [3.05, 3.63) is 78.4 Å². The Morgan fingerprint density at radius 2 is 1.96 bits per heavy atom. The first kappa shape index (κ1) is 17.9. The highest BCUT2D eigenvalue weighted by atomic mass is 32.2. The summed E-state index contributed by atoms with van der Waals surface area (Å²) in [6.07, 6.45) is 6.19. The van der Waals surface area contributed by atoms with Crippen molar-refractivity contribution in [1.82, 2.24) is 19.2 Å². The zero-order valence-electron chi connectivity index (χ0n) is 15.0. The van der Waals surface area contributed by atoms with Crippen LogP contribution in [0.5, 0.6) is 0 Å². The van der Waals surface area contributed by atoms with Gasteiger partial charge in [0.1, 0.15) is 0 Å². The van der Waals surface area contributed by atoms with Gasteiger partial charge in [0, 0.05) is 30.5 Å². The van der Waals surface area contributed by atoms with Gasteiger partial charge in [-0.25, -0.2) is 13.4 Å². The maximum Gasteiger partial charge on any atom is 0.276 e. The van der Waals surface area contributed by atoms with Crippen LogP contribution in [0.1, 0.15) is 16.1 Å². The minimum atomic E-state index is -3.59. The average Bonchev–Trinajstić information content (AvgIpc) is 3.29. The van der Waals surface area contributed by atoms with Crippen LogP contribution in [0.15, 0.2) is 72.3 Å². The number of anilines is 1. The zero-order valence-corrected chi connectivity index (χ0v) is 15.8. The predicted molar refractivity (Wildman–Crippen MR) is 104 cm³/mol. The number of amides is 1. The lowest BCUT2D eigenvalue weighted by molar-refractivity contribution is 0.102.